The normalized spacial score (nSPS) is 11.1. The van der Waals surface area contributed by atoms with E-state index >= 15 is 0 Å². The molecule has 0 amide bonds. The summed E-state index contributed by atoms with van der Waals surface area (Å²) in [5, 5.41) is 2.07. The molecular weight excluding hydrogens is 348 g/mol. The van der Waals surface area contributed by atoms with E-state index in [1.807, 2.05) is 24.3 Å². The lowest BCUT2D eigenvalue weighted by atomic mass is 10.1. The van der Waals surface area contributed by atoms with Crippen LogP contribution in [0.3, 0.4) is 0 Å². The SMILES string of the molecule is c1ccc(CCn2ccc3cc(Oc4ncc5ccncc5n4)ccc32)cc1. The van der Waals surface area contributed by atoms with Gasteiger partial charge < -0.3 is 9.30 Å². The molecule has 5 heteroatoms. The van der Waals surface area contributed by atoms with Crippen LogP contribution in [0, 0.1) is 0 Å². The third-order valence-electron chi connectivity index (χ3n) is 4.80. The first kappa shape index (κ1) is 16.4. The minimum absolute atomic E-state index is 0.323. The first-order valence-corrected chi connectivity index (χ1v) is 9.23. The molecule has 0 atom stereocenters. The van der Waals surface area contributed by atoms with Gasteiger partial charge in [0.05, 0.1) is 11.7 Å². The zero-order valence-electron chi connectivity index (χ0n) is 15.2. The van der Waals surface area contributed by atoms with Crippen molar-refractivity contribution in [2.45, 2.75) is 13.0 Å². The lowest BCUT2D eigenvalue weighted by Gasteiger charge is -2.07. The maximum atomic E-state index is 5.87. The molecule has 0 aliphatic carbocycles. The predicted molar refractivity (Wildman–Crippen MR) is 109 cm³/mol. The number of hydrogen-bond donors (Lipinski definition) is 0. The molecule has 0 spiro atoms. The maximum absolute atomic E-state index is 5.87. The summed E-state index contributed by atoms with van der Waals surface area (Å²) in [6.07, 6.45) is 8.30. The Balaban J connectivity index is 1.36. The largest absolute Gasteiger partial charge is 0.424 e. The molecule has 5 nitrogen and oxygen atoms in total. The van der Waals surface area contributed by atoms with Gasteiger partial charge in [0.15, 0.2) is 0 Å². The van der Waals surface area contributed by atoms with Crippen LogP contribution in [0.4, 0.5) is 0 Å². The first-order chi connectivity index (χ1) is 13.8. The van der Waals surface area contributed by atoms with Gasteiger partial charge in [-0.05, 0) is 42.3 Å². The minimum Gasteiger partial charge on any atom is -0.424 e. The zero-order chi connectivity index (χ0) is 18.8. The smallest absolute Gasteiger partial charge is 0.322 e. The van der Waals surface area contributed by atoms with Gasteiger partial charge in [0.25, 0.3) is 0 Å². The number of ether oxygens (including phenoxy) is 1. The van der Waals surface area contributed by atoms with Gasteiger partial charge in [-0.2, -0.15) is 4.98 Å². The number of nitrogens with zero attached hydrogens (tertiary/aromatic N) is 4. The highest BCUT2D eigenvalue weighted by atomic mass is 16.5. The number of fused-ring (bicyclic) bond motifs is 2. The minimum atomic E-state index is 0.323. The van der Waals surface area contributed by atoms with Crippen LogP contribution in [0.1, 0.15) is 5.56 Å². The topological polar surface area (TPSA) is 52.8 Å². The third-order valence-corrected chi connectivity index (χ3v) is 4.80. The number of rotatable bonds is 5. The van der Waals surface area contributed by atoms with Crippen LogP contribution < -0.4 is 4.74 Å². The van der Waals surface area contributed by atoms with Gasteiger partial charge in [0, 0.05) is 41.4 Å². The molecule has 0 aliphatic heterocycles. The number of aryl methyl sites for hydroxylation is 2. The van der Waals surface area contributed by atoms with Gasteiger partial charge in [-0.3, -0.25) is 4.98 Å². The molecule has 0 bridgehead atoms. The van der Waals surface area contributed by atoms with Crippen molar-refractivity contribution < 1.29 is 4.74 Å². The molecule has 0 saturated carbocycles. The van der Waals surface area contributed by atoms with Crippen LogP contribution in [0.25, 0.3) is 21.8 Å². The Bertz CT molecular complexity index is 1250. The molecule has 0 radical (unpaired) electrons. The van der Waals surface area contributed by atoms with Crippen LogP contribution in [-0.2, 0) is 13.0 Å². The second-order valence-corrected chi connectivity index (χ2v) is 6.65. The summed E-state index contributed by atoms with van der Waals surface area (Å²) in [4.78, 5) is 12.8. The summed E-state index contributed by atoms with van der Waals surface area (Å²) in [7, 11) is 0. The number of benzene rings is 2. The summed E-state index contributed by atoms with van der Waals surface area (Å²) < 4.78 is 8.14. The van der Waals surface area contributed by atoms with E-state index in [2.05, 4.69) is 62.1 Å². The van der Waals surface area contributed by atoms with E-state index in [9.17, 15) is 0 Å². The summed E-state index contributed by atoms with van der Waals surface area (Å²) in [6, 6.07) is 20.9. The Morgan fingerprint density at radius 1 is 0.893 bits per heavy atom. The number of pyridine rings is 1. The van der Waals surface area contributed by atoms with E-state index in [-0.39, 0.29) is 0 Å². The number of hydrogen-bond acceptors (Lipinski definition) is 4. The second-order valence-electron chi connectivity index (χ2n) is 6.65. The fourth-order valence-electron chi connectivity index (χ4n) is 3.34. The summed E-state index contributed by atoms with van der Waals surface area (Å²) in [5.74, 6) is 0.719. The van der Waals surface area contributed by atoms with Crippen molar-refractivity contribution >= 4 is 21.8 Å². The standard InChI is InChI=1S/C23H18N4O/c1-2-4-17(5-3-1)9-12-27-13-10-18-14-20(6-7-22(18)27)28-23-25-15-19-8-11-24-16-21(19)26-23/h1-8,10-11,13-16H,9,12H2. The Morgan fingerprint density at radius 3 is 2.75 bits per heavy atom. The quantitative estimate of drug-likeness (QED) is 0.438. The summed E-state index contributed by atoms with van der Waals surface area (Å²) in [6.45, 7) is 0.939. The van der Waals surface area contributed by atoms with E-state index in [1.54, 1.807) is 18.6 Å². The lowest BCUT2D eigenvalue weighted by Crippen LogP contribution is -1.99. The first-order valence-electron chi connectivity index (χ1n) is 9.23. The van der Waals surface area contributed by atoms with E-state index < -0.39 is 0 Å². The molecule has 2 aromatic carbocycles. The highest BCUT2D eigenvalue weighted by Crippen LogP contribution is 2.25. The van der Waals surface area contributed by atoms with Crippen molar-refractivity contribution in [3.63, 3.8) is 0 Å². The molecule has 5 rings (SSSR count). The van der Waals surface area contributed by atoms with Crippen LogP contribution in [0.5, 0.6) is 11.8 Å². The molecule has 0 fully saturated rings. The van der Waals surface area contributed by atoms with Crippen LogP contribution >= 0.6 is 0 Å². The van der Waals surface area contributed by atoms with Crippen LogP contribution in [0.2, 0.25) is 0 Å². The molecular formula is C23H18N4O. The maximum Gasteiger partial charge on any atom is 0.322 e. The van der Waals surface area contributed by atoms with Gasteiger partial charge in [0.2, 0.25) is 0 Å². The van der Waals surface area contributed by atoms with Gasteiger partial charge in [0.1, 0.15) is 5.75 Å². The molecule has 0 N–H and O–H groups in total. The fraction of sp³-hybridized carbons (Fsp3) is 0.0870. The summed E-state index contributed by atoms with van der Waals surface area (Å²) >= 11 is 0. The zero-order valence-corrected chi connectivity index (χ0v) is 15.2. The molecule has 136 valence electrons. The molecule has 0 saturated heterocycles. The molecule has 0 unspecified atom stereocenters. The number of aromatic nitrogens is 4. The summed E-state index contributed by atoms with van der Waals surface area (Å²) in [5.41, 5.74) is 3.29. The Labute approximate surface area is 162 Å². The van der Waals surface area contributed by atoms with E-state index in [4.69, 9.17) is 4.74 Å². The molecule has 3 aromatic heterocycles. The molecule has 3 heterocycles. The van der Waals surface area contributed by atoms with E-state index in [0.717, 1.165) is 35.0 Å². The van der Waals surface area contributed by atoms with Gasteiger partial charge >= 0.3 is 6.01 Å². The Morgan fingerprint density at radius 2 is 1.82 bits per heavy atom. The van der Waals surface area contributed by atoms with E-state index in [0.29, 0.717) is 6.01 Å². The predicted octanol–water partition coefficient (Wildman–Crippen LogP) is 5.01. The fourth-order valence-corrected chi connectivity index (χ4v) is 3.34. The highest BCUT2D eigenvalue weighted by molar-refractivity contribution is 5.82. The van der Waals surface area contributed by atoms with Gasteiger partial charge in [-0.1, -0.05) is 30.3 Å². The Kier molecular flexibility index (Phi) is 4.18. The van der Waals surface area contributed by atoms with Gasteiger partial charge in [-0.25, -0.2) is 4.98 Å². The van der Waals surface area contributed by atoms with Crippen LogP contribution in [0.15, 0.2) is 85.5 Å². The van der Waals surface area contributed by atoms with E-state index in [1.165, 1.54) is 11.1 Å². The average molecular weight is 366 g/mol. The second kappa shape index (κ2) is 7.12. The molecule has 28 heavy (non-hydrogen) atoms. The van der Waals surface area contributed by atoms with Crippen molar-refractivity contribution in [3.05, 3.63) is 91.0 Å². The van der Waals surface area contributed by atoms with Crippen molar-refractivity contribution in [2.24, 2.45) is 0 Å². The third kappa shape index (κ3) is 3.30. The highest BCUT2D eigenvalue weighted by Gasteiger charge is 2.06. The van der Waals surface area contributed by atoms with Crippen molar-refractivity contribution in [3.8, 4) is 11.8 Å². The van der Waals surface area contributed by atoms with Crippen molar-refractivity contribution in [1.82, 2.24) is 19.5 Å². The molecule has 5 aromatic rings. The lowest BCUT2D eigenvalue weighted by molar-refractivity contribution is 0.445. The van der Waals surface area contributed by atoms with Gasteiger partial charge in [-0.15, -0.1) is 0 Å². The Hall–Kier alpha value is -3.73. The van der Waals surface area contributed by atoms with Crippen molar-refractivity contribution in [2.75, 3.05) is 0 Å². The monoisotopic (exact) mass is 366 g/mol. The van der Waals surface area contributed by atoms with Crippen molar-refractivity contribution in [1.29, 1.82) is 0 Å². The van der Waals surface area contributed by atoms with Crippen LogP contribution in [-0.4, -0.2) is 19.5 Å². The average Bonchev–Trinajstić information content (AvgIpc) is 3.15. The molecule has 0 aliphatic rings.